The molecule has 0 radical (unpaired) electrons. The van der Waals surface area contributed by atoms with Crippen molar-refractivity contribution in [3.05, 3.63) is 78.1 Å². The van der Waals surface area contributed by atoms with E-state index in [1.165, 1.54) is 44.6 Å². The van der Waals surface area contributed by atoms with E-state index < -0.39 is 0 Å². The van der Waals surface area contributed by atoms with Crippen LogP contribution in [0.25, 0.3) is 16.6 Å². The standard InChI is InChI=1S/C33H39N7O/c1-38-17-19-39(20-18-38)25-11-7-23(8-12-25)30-27-15-16-35-32(34)31(27)40(37-30)26-13-9-24(10-14-26)36-33(41)29-21-28(29)22-5-3-2-4-6-22/h2-6,9-10,13-16,23,25,28-29H,7-8,11-12,17-21H2,1H3,(H2,34,35)(H,36,41)/t23-,25-,28-,29-/m1/s1. The summed E-state index contributed by atoms with van der Waals surface area (Å²) >= 11 is 0. The highest BCUT2D eigenvalue weighted by molar-refractivity contribution is 5.95. The molecule has 41 heavy (non-hydrogen) atoms. The molecule has 1 saturated heterocycles. The highest BCUT2D eigenvalue weighted by atomic mass is 16.2. The van der Waals surface area contributed by atoms with E-state index in [0.29, 0.717) is 23.7 Å². The molecule has 2 aliphatic carbocycles. The number of pyridine rings is 1. The number of carbonyl (C=O) groups excluding carboxylic acids is 1. The summed E-state index contributed by atoms with van der Waals surface area (Å²) in [5, 5.41) is 9.36. The zero-order chi connectivity index (χ0) is 27.9. The third-order valence-corrected chi connectivity index (χ3v) is 9.52. The summed E-state index contributed by atoms with van der Waals surface area (Å²) in [6, 6.07) is 21.0. The molecule has 2 aromatic carbocycles. The number of piperazine rings is 1. The summed E-state index contributed by atoms with van der Waals surface area (Å²) < 4.78 is 1.94. The summed E-state index contributed by atoms with van der Waals surface area (Å²) in [6.07, 6.45) is 7.40. The Balaban J connectivity index is 1.06. The minimum absolute atomic E-state index is 0.0342. The van der Waals surface area contributed by atoms with E-state index in [1.54, 1.807) is 6.20 Å². The first-order chi connectivity index (χ1) is 20.0. The monoisotopic (exact) mass is 549 g/mol. The Morgan fingerprint density at radius 1 is 0.927 bits per heavy atom. The number of likely N-dealkylation sites (N-methyl/N-ethyl adjacent to an activating group) is 1. The average molecular weight is 550 g/mol. The van der Waals surface area contributed by atoms with E-state index >= 15 is 0 Å². The number of rotatable bonds is 6. The van der Waals surface area contributed by atoms with Gasteiger partial charge in [-0.05, 0) is 81.0 Å². The molecule has 0 bridgehead atoms. The Bertz CT molecular complexity index is 1520. The fraction of sp³-hybridized carbons (Fsp3) is 0.424. The van der Waals surface area contributed by atoms with E-state index in [1.807, 2.05) is 47.1 Å². The number of nitrogens with zero attached hydrogens (tertiary/aromatic N) is 5. The molecule has 8 nitrogen and oxygen atoms in total. The van der Waals surface area contributed by atoms with Crippen LogP contribution in [-0.2, 0) is 4.79 Å². The van der Waals surface area contributed by atoms with Crippen LogP contribution in [0.5, 0.6) is 0 Å². The van der Waals surface area contributed by atoms with Gasteiger partial charge in [-0.3, -0.25) is 9.69 Å². The van der Waals surface area contributed by atoms with Gasteiger partial charge in [0.05, 0.1) is 11.4 Å². The largest absolute Gasteiger partial charge is 0.382 e. The summed E-state index contributed by atoms with van der Waals surface area (Å²) in [5.41, 5.74) is 11.4. The smallest absolute Gasteiger partial charge is 0.228 e. The third-order valence-electron chi connectivity index (χ3n) is 9.52. The Kier molecular flexibility index (Phi) is 6.96. The van der Waals surface area contributed by atoms with E-state index in [0.717, 1.165) is 47.2 Å². The highest BCUT2D eigenvalue weighted by Gasteiger charge is 2.43. The molecule has 7 rings (SSSR count). The number of nitrogens with one attached hydrogen (secondary N) is 1. The molecular weight excluding hydrogens is 510 g/mol. The minimum atomic E-state index is 0.0342. The van der Waals surface area contributed by atoms with Crippen LogP contribution in [-0.4, -0.2) is 69.7 Å². The second kappa shape index (κ2) is 10.9. The molecule has 3 aliphatic rings. The second-order valence-electron chi connectivity index (χ2n) is 12.1. The third kappa shape index (κ3) is 5.22. The van der Waals surface area contributed by atoms with Gasteiger partial charge in [-0.25, -0.2) is 9.67 Å². The van der Waals surface area contributed by atoms with Crippen molar-refractivity contribution >= 4 is 28.3 Å². The number of amides is 1. The predicted molar refractivity (Wildman–Crippen MR) is 163 cm³/mol. The molecule has 2 saturated carbocycles. The first-order valence-corrected chi connectivity index (χ1v) is 15.1. The van der Waals surface area contributed by atoms with Gasteiger partial charge in [0, 0.05) is 61.3 Å². The average Bonchev–Trinajstić information content (AvgIpc) is 3.72. The summed E-state index contributed by atoms with van der Waals surface area (Å²) in [5.74, 6) is 1.34. The number of anilines is 2. The van der Waals surface area contributed by atoms with Crippen molar-refractivity contribution in [3.8, 4) is 5.69 Å². The summed E-state index contributed by atoms with van der Waals surface area (Å²) in [6.45, 7) is 4.68. The Hall–Kier alpha value is -3.75. The molecule has 1 amide bonds. The lowest BCUT2D eigenvalue weighted by molar-refractivity contribution is -0.117. The summed E-state index contributed by atoms with van der Waals surface area (Å²) in [7, 11) is 2.22. The predicted octanol–water partition coefficient (Wildman–Crippen LogP) is 5.02. The zero-order valence-corrected chi connectivity index (χ0v) is 23.7. The fourth-order valence-corrected chi connectivity index (χ4v) is 6.98. The number of fused-ring (bicyclic) bond motifs is 1. The minimum Gasteiger partial charge on any atom is -0.382 e. The molecule has 3 fully saturated rings. The number of nitrogen functional groups attached to an aromatic ring is 1. The quantitative estimate of drug-likeness (QED) is 0.351. The lowest BCUT2D eigenvalue weighted by Crippen LogP contribution is -2.49. The van der Waals surface area contributed by atoms with Gasteiger partial charge in [0.2, 0.25) is 5.91 Å². The molecule has 0 spiro atoms. The van der Waals surface area contributed by atoms with Crippen LogP contribution in [0.3, 0.4) is 0 Å². The van der Waals surface area contributed by atoms with Crippen molar-refractivity contribution in [1.82, 2.24) is 24.6 Å². The van der Waals surface area contributed by atoms with Gasteiger partial charge < -0.3 is 16.0 Å². The molecule has 8 heteroatoms. The SMILES string of the molecule is CN1CCN([C@H]2CC[C@H](c3nn(-c4ccc(NC(=O)[C@@H]5C[C@@H]5c5ccccc5)cc4)c4c(N)nccc43)CC2)CC1. The van der Waals surface area contributed by atoms with Gasteiger partial charge in [-0.15, -0.1) is 0 Å². The molecule has 3 N–H and O–H groups in total. The maximum absolute atomic E-state index is 12.9. The van der Waals surface area contributed by atoms with Crippen LogP contribution >= 0.6 is 0 Å². The molecule has 2 aromatic heterocycles. The molecule has 3 heterocycles. The molecule has 212 valence electrons. The number of hydrogen-bond acceptors (Lipinski definition) is 6. The first kappa shape index (κ1) is 26.2. The first-order valence-electron chi connectivity index (χ1n) is 15.1. The van der Waals surface area contributed by atoms with Crippen LogP contribution in [0.2, 0.25) is 0 Å². The van der Waals surface area contributed by atoms with E-state index in [4.69, 9.17) is 10.8 Å². The maximum Gasteiger partial charge on any atom is 0.228 e. The number of carbonyl (C=O) groups is 1. The number of hydrogen-bond donors (Lipinski definition) is 2. The lowest BCUT2D eigenvalue weighted by atomic mass is 9.82. The van der Waals surface area contributed by atoms with Crippen molar-refractivity contribution in [1.29, 1.82) is 0 Å². The topological polar surface area (TPSA) is 92.3 Å². The van der Waals surface area contributed by atoms with Crippen LogP contribution < -0.4 is 11.1 Å². The van der Waals surface area contributed by atoms with E-state index in [2.05, 4.69) is 45.3 Å². The van der Waals surface area contributed by atoms with Crippen molar-refractivity contribution in [2.24, 2.45) is 5.92 Å². The Morgan fingerprint density at radius 2 is 1.66 bits per heavy atom. The molecule has 1 aliphatic heterocycles. The second-order valence-corrected chi connectivity index (χ2v) is 12.1. The van der Waals surface area contributed by atoms with Gasteiger partial charge in [-0.2, -0.15) is 5.10 Å². The molecular formula is C33H39N7O. The normalized spacial score (nSPS) is 25.3. The number of nitrogens with two attached hydrogens (primary N) is 1. The zero-order valence-electron chi connectivity index (χ0n) is 23.7. The maximum atomic E-state index is 12.9. The highest BCUT2D eigenvalue weighted by Crippen LogP contribution is 2.48. The fourth-order valence-electron chi connectivity index (χ4n) is 6.98. The van der Waals surface area contributed by atoms with E-state index in [9.17, 15) is 4.79 Å². The number of aromatic nitrogens is 3. The summed E-state index contributed by atoms with van der Waals surface area (Å²) in [4.78, 5) is 22.4. The van der Waals surface area contributed by atoms with Gasteiger partial charge in [0.1, 0.15) is 11.3 Å². The van der Waals surface area contributed by atoms with Gasteiger partial charge in [0.15, 0.2) is 0 Å². The lowest BCUT2D eigenvalue weighted by Gasteiger charge is -2.41. The van der Waals surface area contributed by atoms with Crippen molar-refractivity contribution in [2.75, 3.05) is 44.3 Å². The van der Waals surface area contributed by atoms with Crippen molar-refractivity contribution in [2.45, 2.75) is 50.0 Å². The van der Waals surface area contributed by atoms with Crippen LogP contribution in [0.4, 0.5) is 11.5 Å². The van der Waals surface area contributed by atoms with Crippen molar-refractivity contribution in [3.63, 3.8) is 0 Å². The van der Waals surface area contributed by atoms with Crippen LogP contribution in [0.1, 0.15) is 55.2 Å². The van der Waals surface area contributed by atoms with Gasteiger partial charge >= 0.3 is 0 Å². The molecule has 4 aromatic rings. The van der Waals surface area contributed by atoms with Gasteiger partial charge in [0.25, 0.3) is 0 Å². The Labute approximate surface area is 241 Å². The van der Waals surface area contributed by atoms with Crippen LogP contribution in [0, 0.1) is 5.92 Å². The number of benzene rings is 2. The molecule has 2 atom stereocenters. The van der Waals surface area contributed by atoms with Gasteiger partial charge in [-0.1, -0.05) is 30.3 Å². The van der Waals surface area contributed by atoms with E-state index in [-0.39, 0.29) is 11.8 Å². The van der Waals surface area contributed by atoms with Crippen molar-refractivity contribution < 1.29 is 4.79 Å². The Morgan fingerprint density at radius 3 is 2.39 bits per heavy atom. The van der Waals surface area contributed by atoms with Crippen LogP contribution in [0.15, 0.2) is 66.9 Å². The molecule has 0 unspecified atom stereocenters.